The van der Waals surface area contributed by atoms with Gasteiger partial charge in [0.15, 0.2) is 5.79 Å². The standard InChI is InChI=1S/C53H88O18S.Na/c1-15-45(55)67-41(20-19-37(10)52(60)64-14)39(12)51(66-40(13)54)43(68-47(57)23-31(2)3)28-38(11)50(69-48(58)24-32(4)5)44-26-35(8)30-53(71-44)29-34(7)25-42(70-53)49(59)36(9)18-16-17-33(6)27-46(56)65-21-22-72(61,62)63;/h18-19,31-35,38-39,41-44,49-51,59H,15-17,20-30H2,1-14H3,(H,61,62,63);/q;+1/p-1/b36-18+,37-19+;/t33-,34-,35-,38-,39-,41-,42-,43+,44+,49+,50+,51+,53-;/m0./s1. The molecule has 0 radical (unpaired) electrons. The van der Waals surface area contributed by atoms with Gasteiger partial charge in [0.1, 0.15) is 37.1 Å². The molecule has 0 unspecified atom stereocenters. The molecular formula is C53H87NaO18S. The van der Waals surface area contributed by atoms with Crippen LogP contribution in [0.3, 0.4) is 0 Å². The monoisotopic (exact) mass is 1070 g/mol. The number of carbonyl (C=O) groups is 6. The molecule has 13 atom stereocenters. The van der Waals surface area contributed by atoms with Gasteiger partial charge in [-0.25, -0.2) is 13.2 Å². The summed E-state index contributed by atoms with van der Waals surface area (Å²) in [7, 11) is -3.24. The second kappa shape index (κ2) is 32.6. The summed E-state index contributed by atoms with van der Waals surface area (Å²) in [4.78, 5) is 77.7. The average Bonchev–Trinajstić information content (AvgIpc) is 3.25. The fourth-order valence-corrected chi connectivity index (χ4v) is 9.84. The topological polar surface area (TPSA) is 254 Å². The Hall–Kier alpha value is -2.91. The Bertz CT molecular complexity index is 1950. The first-order valence-electron chi connectivity index (χ1n) is 25.8. The van der Waals surface area contributed by atoms with Crippen LogP contribution in [0.2, 0.25) is 0 Å². The van der Waals surface area contributed by atoms with Crippen molar-refractivity contribution in [3.8, 4) is 0 Å². The minimum absolute atomic E-state index is 0. The number of allylic oxidation sites excluding steroid dienone is 1. The van der Waals surface area contributed by atoms with E-state index in [4.69, 9.17) is 37.9 Å². The van der Waals surface area contributed by atoms with E-state index in [2.05, 4.69) is 13.8 Å². The maximum atomic E-state index is 13.7. The zero-order valence-corrected chi connectivity index (χ0v) is 49.2. The Morgan fingerprint density at radius 1 is 0.767 bits per heavy atom. The van der Waals surface area contributed by atoms with Gasteiger partial charge < -0.3 is 47.6 Å². The maximum Gasteiger partial charge on any atom is 1.00 e. The van der Waals surface area contributed by atoms with Crippen LogP contribution in [0.15, 0.2) is 23.3 Å². The van der Waals surface area contributed by atoms with Gasteiger partial charge in [0.05, 0.1) is 35.2 Å². The Morgan fingerprint density at radius 3 is 1.85 bits per heavy atom. The Balaban J connectivity index is 0.0000266. The van der Waals surface area contributed by atoms with Crippen molar-refractivity contribution in [2.45, 2.75) is 216 Å². The minimum atomic E-state index is -4.50. The van der Waals surface area contributed by atoms with E-state index in [9.17, 15) is 46.8 Å². The molecule has 73 heavy (non-hydrogen) atoms. The molecule has 1 N–H and O–H groups in total. The summed E-state index contributed by atoms with van der Waals surface area (Å²) in [5, 5.41) is 11.8. The Morgan fingerprint density at radius 2 is 1.32 bits per heavy atom. The fourth-order valence-electron chi connectivity index (χ4n) is 9.56. The predicted octanol–water partition coefficient (Wildman–Crippen LogP) is 4.86. The molecule has 0 amide bonds. The van der Waals surface area contributed by atoms with Gasteiger partial charge in [0.25, 0.3) is 0 Å². The SMILES string of the molecule is CCC(=O)O[C@@H](C/C=C(\C)C(=O)OC)[C@H](C)[C@@H](OC(C)=O)[C@@H](C[C@H](C)[C@@H](OC(=O)CC(C)C)[C@H]1C[C@H](C)C[C@]2(C[C@@H](C)C[C@@H]([C@H](O)/C(C)=C/CC[C@H](C)CC(=O)OCCS(=O)(=O)[O-])O2)O1)OC(=O)CC(C)C.[Na+]. The summed E-state index contributed by atoms with van der Waals surface area (Å²) in [6.45, 7) is 22.9. The molecule has 20 heteroatoms. The van der Waals surface area contributed by atoms with E-state index in [1.165, 1.54) is 14.0 Å². The molecule has 2 aliphatic heterocycles. The van der Waals surface area contributed by atoms with Crippen molar-refractivity contribution in [1.82, 2.24) is 0 Å². The summed E-state index contributed by atoms with van der Waals surface area (Å²) in [5.41, 5.74) is 0.943. The van der Waals surface area contributed by atoms with Crippen LogP contribution in [-0.4, -0.2) is 122 Å². The van der Waals surface area contributed by atoms with Crippen molar-refractivity contribution >= 4 is 45.9 Å². The molecule has 0 aromatic heterocycles. The van der Waals surface area contributed by atoms with Gasteiger partial charge in [0, 0.05) is 63.4 Å². The third-order valence-corrected chi connectivity index (χ3v) is 13.8. The van der Waals surface area contributed by atoms with Gasteiger partial charge in [-0.2, -0.15) is 0 Å². The summed E-state index contributed by atoms with van der Waals surface area (Å²) < 4.78 is 80.7. The van der Waals surface area contributed by atoms with Crippen LogP contribution >= 0.6 is 0 Å². The van der Waals surface area contributed by atoms with E-state index in [0.717, 1.165) is 0 Å². The number of esters is 6. The van der Waals surface area contributed by atoms with Gasteiger partial charge in [-0.15, -0.1) is 0 Å². The summed E-state index contributed by atoms with van der Waals surface area (Å²) in [5.74, 6) is -6.91. The van der Waals surface area contributed by atoms with Crippen molar-refractivity contribution in [2.75, 3.05) is 19.5 Å². The van der Waals surface area contributed by atoms with Crippen LogP contribution in [0.4, 0.5) is 0 Å². The molecular weight excluding hydrogens is 980 g/mol. The molecule has 18 nitrogen and oxygen atoms in total. The Kier molecular flexibility index (Phi) is 30.4. The first-order valence-corrected chi connectivity index (χ1v) is 27.4. The van der Waals surface area contributed by atoms with Gasteiger partial charge >= 0.3 is 65.4 Å². The van der Waals surface area contributed by atoms with Crippen LogP contribution in [0.5, 0.6) is 0 Å². The van der Waals surface area contributed by atoms with E-state index in [1.807, 2.05) is 54.5 Å². The molecule has 414 valence electrons. The fraction of sp³-hybridized carbons (Fsp3) is 0.811. The number of hydrogen-bond acceptors (Lipinski definition) is 18. The molecule has 0 bridgehead atoms. The van der Waals surface area contributed by atoms with Gasteiger partial charge in [-0.1, -0.05) is 81.4 Å². The predicted molar refractivity (Wildman–Crippen MR) is 265 cm³/mol. The largest absolute Gasteiger partial charge is 1.00 e. The van der Waals surface area contributed by atoms with Gasteiger partial charge in [-0.3, -0.25) is 24.0 Å². The van der Waals surface area contributed by atoms with Crippen molar-refractivity contribution in [1.29, 1.82) is 0 Å². The summed E-state index contributed by atoms with van der Waals surface area (Å²) in [6, 6.07) is 0. The Labute approximate surface area is 457 Å². The molecule has 0 aromatic carbocycles. The third-order valence-electron chi connectivity index (χ3n) is 13.1. The van der Waals surface area contributed by atoms with E-state index >= 15 is 0 Å². The van der Waals surface area contributed by atoms with Crippen molar-refractivity contribution in [3.63, 3.8) is 0 Å². The smallest absolute Gasteiger partial charge is 0.748 e. The van der Waals surface area contributed by atoms with E-state index in [0.29, 0.717) is 44.1 Å². The van der Waals surface area contributed by atoms with Crippen molar-refractivity contribution in [3.05, 3.63) is 23.3 Å². The first-order chi connectivity index (χ1) is 33.5. The molecule has 2 saturated heterocycles. The van der Waals surface area contributed by atoms with Crippen molar-refractivity contribution in [2.24, 2.45) is 41.4 Å². The molecule has 0 aliphatic carbocycles. The van der Waals surface area contributed by atoms with Crippen LogP contribution in [0.1, 0.15) is 167 Å². The average molecular weight is 1070 g/mol. The first kappa shape index (κ1) is 68.1. The molecule has 2 aliphatic rings. The maximum absolute atomic E-state index is 13.7. The molecule has 0 aromatic rings. The second-order valence-electron chi connectivity index (χ2n) is 21.4. The number of carbonyl (C=O) groups excluding carboxylic acids is 6. The zero-order chi connectivity index (χ0) is 54.7. The number of ether oxygens (including phenoxy) is 8. The number of aliphatic hydroxyl groups excluding tert-OH is 1. The minimum Gasteiger partial charge on any atom is -0.748 e. The van der Waals surface area contributed by atoms with Crippen LogP contribution < -0.4 is 29.6 Å². The summed E-state index contributed by atoms with van der Waals surface area (Å²) >= 11 is 0. The van der Waals surface area contributed by atoms with Crippen LogP contribution in [0.25, 0.3) is 0 Å². The zero-order valence-electron chi connectivity index (χ0n) is 46.4. The number of hydrogen-bond donors (Lipinski definition) is 1. The molecule has 2 heterocycles. The van der Waals surface area contributed by atoms with Crippen LogP contribution in [-0.2, 0) is 76.8 Å². The van der Waals surface area contributed by atoms with E-state index in [1.54, 1.807) is 26.8 Å². The van der Waals surface area contributed by atoms with Crippen molar-refractivity contribution < 1.29 is 114 Å². The normalized spacial score (nSPS) is 23.9. The van der Waals surface area contributed by atoms with Crippen LogP contribution in [0, 0.1) is 41.4 Å². The van der Waals surface area contributed by atoms with Gasteiger partial charge in [-0.05, 0) is 87.0 Å². The number of aliphatic hydroxyl groups is 1. The van der Waals surface area contributed by atoms with Gasteiger partial charge in [0.2, 0.25) is 0 Å². The number of methoxy groups -OCH3 is 1. The molecule has 0 saturated carbocycles. The third kappa shape index (κ3) is 25.2. The molecule has 1 spiro atoms. The van der Waals surface area contributed by atoms with E-state index < -0.39 is 119 Å². The number of rotatable bonds is 29. The molecule has 2 fully saturated rings. The van der Waals surface area contributed by atoms with E-state index in [-0.39, 0.29) is 103 Å². The molecule has 2 rings (SSSR count). The summed E-state index contributed by atoms with van der Waals surface area (Å²) in [6.07, 6.45) is 0.348. The quantitative estimate of drug-likeness (QED) is 0.0262. The second-order valence-corrected chi connectivity index (χ2v) is 22.9.